The van der Waals surface area contributed by atoms with Crippen LogP contribution >= 0.6 is 11.3 Å². The summed E-state index contributed by atoms with van der Waals surface area (Å²) in [5.74, 6) is 2.34. The van der Waals surface area contributed by atoms with E-state index in [9.17, 15) is 0 Å². The van der Waals surface area contributed by atoms with E-state index in [1.165, 1.54) is 12.8 Å². The molecule has 7 heteroatoms. The molecule has 108 valence electrons. The predicted molar refractivity (Wildman–Crippen MR) is 81.1 cm³/mol. The van der Waals surface area contributed by atoms with E-state index in [4.69, 9.17) is 0 Å². The maximum absolute atomic E-state index is 4.58. The molecule has 3 rings (SSSR count). The number of aromatic amines is 1. The van der Waals surface area contributed by atoms with Gasteiger partial charge in [-0.2, -0.15) is 4.98 Å². The Morgan fingerprint density at radius 1 is 1.40 bits per heavy atom. The molecule has 0 spiro atoms. The zero-order chi connectivity index (χ0) is 13.9. The summed E-state index contributed by atoms with van der Waals surface area (Å²) in [6.07, 6.45) is 2.39. The monoisotopic (exact) mass is 292 g/mol. The van der Waals surface area contributed by atoms with Crippen LogP contribution in [-0.4, -0.2) is 46.8 Å². The van der Waals surface area contributed by atoms with Gasteiger partial charge >= 0.3 is 0 Å². The van der Waals surface area contributed by atoms with Crippen molar-refractivity contribution in [1.82, 2.24) is 25.5 Å². The Bertz CT molecular complexity index is 555. The van der Waals surface area contributed by atoms with E-state index in [0.717, 1.165) is 48.0 Å². The lowest BCUT2D eigenvalue weighted by Gasteiger charge is -2.30. The molecule has 20 heavy (non-hydrogen) atoms. The lowest BCUT2D eigenvalue weighted by atomic mass is 9.97. The van der Waals surface area contributed by atoms with Crippen LogP contribution < -0.4 is 10.2 Å². The smallest absolute Gasteiger partial charge is 0.245 e. The van der Waals surface area contributed by atoms with Crippen molar-refractivity contribution < 1.29 is 0 Å². The zero-order valence-electron chi connectivity index (χ0n) is 11.9. The number of nitrogens with one attached hydrogen (secondary N) is 2. The molecule has 1 aliphatic heterocycles. The highest BCUT2D eigenvalue weighted by molar-refractivity contribution is 7.09. The minimum Gasteiger partial charge on any atom is -0.340 e. The van der Waals surface area contributed by atoms with E-state index < -0.39 is 0 Å². The molecule has 1 aliphatic rings. The number of aromatic nitrogens is 4. The van der Waals surface area contributed by atoms with Gasteiger partial charge in [-0.3, -0.25) is 5.10 Å². The van der Waals surface area contributed by atoms with Gasteiger partial charge in [0.2, 0.25) is 5.95 Å². The van der Waals surface area contributed by atoms with Crippen LogP contribution in [0.25, 0.3) is 11.5 Å². The van der Waals surface area contributed by atoms with Crippen molar-refractivity contribution in [2.45, 2.75) is 19.8 Å². The molecule has 2 aromatic heterocycles. The molecule has 2 aromatic rings. The van der Waals surface area contributed by atoms with Crippen LogP contribution in [0.1, 0.15) is 17.8 Å². The first kappa shape index (κ1) is 13.5. The normalized spacial score (nSPS) is 16.8. The third-order valence-electron chi connectivity index (χ3n) is 3.73. The molecule has 0 aliphatic carbocycles. The van der Waals surface area contributed by atoms with Gasteiger partial charge in [-0.25, -0.2) is 4.98 Å². The molecule has 0 aromatic carbocycles. The molecule has 0 atom stereocenters. The van der Waals surface area contributed by atoms with E-state index >= 15 is 0 Å². The summed E-state index contributed by atoms with van der Waals surface area (Å²) in [6, 6.07) is 0. The molecular formula is C13H20N6S. The first-order valence-electron chi connectivity index (χ1n) is 7.00. The van der Waals surface area contributed by atoms with Crippen LogP contribution in [0.3, 0.4) is 0 Å². The molecule has 2 N–H and O–H groups in total. The molecule has 0 saturated carbocycles. The van der Waals surface area contributed by atoms with Gasteiger partial charge in [0.25, 0.3) is 0 Å². The average molecular weight is 292 g/mol. The molecule has 3 heterocycles. The Labute approximate surface area is 122 Å². The minimum absolute atomic E-state index is 0.765. The number of rotatable bonds is 4. The summed E-state index contributed by atoms with van der Waals surface area (Å²) >= 11 is 1.63. The van der Waals surface area contributed by atoms with Crippen LogP contribution in [0.4, 0.5) is 5.95 Å². The van der Waals surface area contributed by atoms with Gasteiger partial charge < -0.3 is 10.2 Å². The van der Waals surface area contributed by atoms with Crippen LogP contribution in [0.2, 0.25) is 0 Å². The van der Waals surface area contributed by atoms with E-state index in [-0.39, 0.29) is 0 Å². The quantitative estimate of drug-likeness (QED) is 0.897. The number of nitrogens with zero attached hydrogens (tertiary/aromatic N) is 4. The zero-order valence-corrected chi connectivity index (χ0v) is 12.7. The molecule has 0 bridgehead atoms. The molecule has 1 fully saturated rings. The van der Waals surface area contributed by atoms with Crippen LogP contribution in [0.5, 0.6) is 0 Å². The summed E-state index contributed by atoms with van der Waals surface area (Å²) in [7, 11) is 2.02. The number of aryl methyl sites for hydroxylation is 1. The largest absolute Gasteiger partial charge is 0.340 e. The molecule has 0 unspecified atom stereocenters. The third kappa shape index (κ3) is 2.83. The fourth-order valence-electron chi connectivity index (χ4n) is 2.61. The fraction of sp³-hybridized carbons (Fsp3) is 0.615. The highest BCUT2D eigenvalue weighted by atomic mass is 32.1. The van der Waals surface area contributed by atoms with Crippen LogP contribution in [-0.2, 0) is 0 Å². The molecule has 1 saturated heterocycles. The fourth-order valence-corrected chi connectivity index (χ4v) is 3.20. The number of anilines is 1. The molecule has 0 radical (unpaired) electrons. The predicted octanol–water partition coefficient (Wildman–Crippen LogP) is 1.67. The van der Waals surface area contributed by atoms with E-state index in [1.807, 2.05) is 19.4 Å². The number of hydrogen-bond acceptors (Lipinski definition) is 6. The standard InChI is InChI=1S/C13H20N6S/c1-9-15-11(8-20-9)12-16-13(18-17-12)19-5-3-10(4-6-19)7-14-2/h8,10,14H,3-7H2,1-2H3,(H,16,17,18). The second kappa shape index (κ2) is 5.88. The summed E-state index contributed by atoms with van der Waals surface area (Å²) < 4.78 is 0. The lowest BCUT2D eigenvalue weighted by Crippen LogP contribution is -2.37. The molecule has 0 amide bonds. The van der Waals surface area contributed by atoms with Gasteiger partial charge in [0.15, 0.2) is 5.82 Å². The molecular weight excluding hydrogens is 272 g/mol. The van der Waals surface area contributed by atoms with E-state index in [1.54, 1.807) is 11.3 Å². The summed E-state index contributed by atoms with van der Waals surface area (Å²) in [6.45, 7) is 5.16. The number of hydrogen-bond donors (Lipinski definition) is 2. The number of thiazole rings is 1. The number of piperidine rings is 1. The lowest BCUT2D eigenvalue weighted by molar-refractivity contribution is 0.391. The van der Waals surface area contributed by atoms with Crippen molar-refractivity contribution in [2.75, 3.05) is 31.6 Å². The Hall–Kier alpha value is -1.47. The van der Waals surface area contributed by atoms with Gasteiger partial charge in [-0.15, -0.1) is 16.4 Å². The first-order chi connectivity index (χ1) is 9.76. The first-order valence-corrected chi connectivity index (χ1v) is 7.88. The highest BCUT2D eigenvalue weighted by Gasteiger charge is 2.21. The Kier molecular flexibility index (Phi) is 3.98. The number of H-pyrrole nitrogens is 1. The van der Waals surface area contributed by atoms with Crippen molar-refractivity contribution in [1.29, 1.82) is 0 Å². The summed E-state index contributed by atoms with van der Waals surface area (Å²) in [4.78, 5) is 11.3. The maximum atomic E-state index is 4.58. The van der Waals surface area contributed by atoms with Gasteiger partial charge in [-0.1, -0.05) is 0 Å². The van der Waals surface area contributed by atoms with Crippen LogP contribution in [0.15, 0.2) is 5.38 Å². The van der Waals surface area contributed by atoms with Crippen molar-refractivity contribution in [3.05, 3.63) is 10.4 Å². The maximum Gasteiger partial charge on any atom is 0.245 e. The summed E-state index contributed by atoms with van der Waals surface area (Å²) in [5.41, 5.74) is 0.885. The van der Waals surface area contributed by atoms with Crippen molar-refractivity contribution >= 4 is 17.3 Å². The third-order valence-corrected chi connectivity index (χ3v) is 4.50. The van der Waals surface area contributed by atoms with Crippen molar-refractivity contribution in [3.8, 4) is 11.5 Å². The van der Waals surface area contributed by atoms with Gasteiger partial charge in [-0.05, 0) is 39.3 Å². The highest BCUT2D eigenvalue weighted by Crippen LogP contribution is 2.23. The minimum atomic E-state index is 0.765. The van der Waals surface area contributed by atoms with Crippen molar-refractivity contribution in [3.63, 3.8) is 0 Å². The SMILES string of the molecule is CNCC1CCN(c2n[nH]c(-c3csc(C)n3)n2)CC1. The van der Waals surface area contributed by atoms with Crippen molar-refractivity contribution in [2.24, 2.45) is 5.92 Å². The average Bonchev–Trinajstić information content (AvgIpc) is 3.09. The second-order valence-corrected chi connectivity index (χ2v) is 6.29. The van der Waals surface area contributed by atoms with Gasteiger partial charge in [0.05, 0.1) is 5.01 Å². The summed E-state index contributed by atoms with van der Waals surface area (Å²) in [5, 5.41) is 13.7. The Balaban J connectivity index is 1.66. The van der Waals surface area contributed by atoms with Crippen LogP contribution in [0, 0.1) is 12.8 Å². The molecule has 6 nitrogen and oxygen atoms in total. The Morgan fingerprint density at radius 2 is 2.20 bits per heavy atom. The van der Waals surface area contributed by atoms with E-state index in [2.05, 4.69) is 30.4 Å². The van der Waals surface area contributed by atoms with E-state index in [0.29, 0.717) is 0 Å². The second-order valence-electron chi connectivity index (χ2n) is 5.22. The van der Waals surface area contributed by atoms with Gasteiger partial charge in [0.1, 0.15) is 5.69 Å². The Morgan fingerprint density at radius 3 is 2.85 bits per heavy atom. The van der Waals surface area contributed by atoms with Gasteiger partial charge in [0, 0.05) is 18.5 Å². The topological polar surface area (TPSA) is 69.7 Å².